The number of likely N-dealkylation sites (N-methyl/N-ethyl adjacent to an activating group) is 1. The molecule has 0 spiro atoms. The molecule has 0 bridgehead atoms. The second kappa shape index (κ2) is 9.29. The SMILES string of the molecule is CO/N=C(\C(=O)N[C@@H]1C(=O)N2C(C(=O)O)=C(C[N+]3(C)CCCC3)CS[C@H]12)c1csc(NO)n1. The highest BCUT2D eigenvalue weighted by Gasteiger charge is 2.55. The number of aromatic nitrogens is 1. The van der Waals surface area contributed by atoms with Gasteiger partial charge in [-0.3, -0.25) is 19.7 Å². The lowest BCUT2D eigenvalue weighted by Crippen LogP contribution is -2.71. The Morgan fingerprint density at radius 2 is 2.12 bits per heavy atom. The molecule has 2 atom stereocenters. The van der Waals surface area contributed by atoms with E-state index in [-0.39, 0.29) is 22.2 Å². The van der Waals surface area contributed by atoms with E-state index in [1.807, 2.05) is 5.48 Å². The maximum Gasteiger partial charge on any atom is 0.352 e. The number of quaternary nitrogens is 1. The van der Waals surface area contributed by atoms with E-state index >= 15 is 0 Å². The molecular weight excluding hydrogens is 472 g/mol. The first-order valence-corrected chi connectivity index (χ1v) is 12.2. The van der Waals surface area contributed by atoms with Crippen LogP contribution in [0.15, 0.2) is 21.8 Å². The van der Waals surface area contributed by atoms with Crippen LogP contribution in [0.5, 0.6) is 0 Å². The molecule has 4 heterocycles. The normalized spacial score (nSPS) is 24.3. The van der Waals surface area contributed by atoms with Crippen LogP contribution in [-0.4, -0.2) is 99.1 Å². The average molecular weight is 498 g/mol. The zero-order valence-corrected chi connectivity index (χ0v) is 19.7. The summed E-state index contributed by atoms with van der Waals surface area (Å²) in [7, 11) is 3.39. The molecule has 33 heavy (non-hydrogen) atoms. The summed E-state index contributed by atoms with van der Waals surface area (Å²) in [6.07, 6.45) is 2.22. The van der Waals surface area contributed by atoms with Crippen LogP contribution in [0.3, 0.4) is 0 Å². The Bertz CT molecular complexity index is 1030. The van der Waals surface area contributed by atoms with Gasteiger partial charge in [-0.1, -0.05) is 5.16 Å². The van der Waals surface area contributed by atoms with Crippen molar-refractivity contribution in [2.24, 2.45) is 5.16 Å². The molecule has 0 aromatic carbocycles. The molecule has 0 radical (unpaired) electrons. The van der Waals surface area contributed by atoms with Gasteiger partial charge in [-0.2, -0.15) is 0 Å². The van der Waals surface area contributed by atoms with Crippen LogP contribution in [0.1, 0.15) is 18.5 Å². The summed E-state index contributed by atoms with van der Waals surface area (Å²) in [5, 5.41) is 26.3. The fraction of sp³-hybridized carbons (Fsp3) is 0.526. The first kappa shape index (κ1) is 23.5. The van der Waals surface area contributed by atoms with E-state index in [0.717, 1.165) is 47.3 Å². The summed E-state index contributed by atoms with van der Waals surface area (Å²) >= 11 is 2.49. The second-order valence-corrected chi connectivity index (χ2v) is 10.3. The fourth-order valence-electron chi connectivity index (χ4n) is 4.46. The molecule has 4 rings (SSSR count). The van der Waals surface area contributed by atoms with Crippen LogP contribution in [0.25, 0.3) is 0 Å². The maximum atomic E-state index is 12.9. The van der Waals surface area contributed by atoms with Crippen LogP contribution < -0.4 is 10.8 Å². The van der Waals surface area contributed by atoms with Crippen molar-refractivity contribution < 1.29 is 34.0 Å². The van der Waals surface area contributed by atoms with E-state index < -0.39 is 29.2 Å². The summed E-state index contributed by atoms with van der Waals surface area (Å²) in [4.78, 5) is 47.9. The average Bonchev–Trinajstić information content (AvgIpc) is 3.44. The zero-order valence-electron chi connectivity index (χ0n) is 18.1. The third-order valence-electron chi connectivity index (χ3n) is 5.99. The number of carbonyl (C=O) groups is 3. The number of aliphatic carboxylic acids is 1. The molecule has 3 aliphatic heterocycles. The van der Waals surface area contributed by atoms with E-state index in [1.165, 1.54) is 29.2 Å². The van der Waals surface area contributed by atoms with Gasteiger partial charge < -0.3 is 19.7 Å². The maximum absolute atomic E-state index is 12.9. The van der Waals surface area contributed by atoms with Gasteiger partial charge in [0.1, 0.15) is 36.5 Å². The predicted molar refractivity (Wildman–Crippen MR) is 121 cm³/mol. The summed E-state index contributed by atoms with van der Waals surface area (Å²) in [6.45, 7) is 2.57. The molecule has 4 N–H and O–H groups in total. The van der Waals surface area contributed by atoms with E-state index in [1.54, 1.807) is 0 Å². The van der Waals surface area contributed by atoms with Crippen molar-refractivity contribution in [3.8, 4) is 0 Å². The van der Waals surface area contributed by atoms with Gasteiger partial charge in [-0.05, 0) is 0 Å². The highest BCUT2D eigenvalue weighted by Crippen LogP contribution is 2.41. The number of hydrogen-bond donors (Lipinski definition) is 4. The zero-order chi connectivity index (χ0) is 23.8. The highest BCUT2D eigenvalue weighted by molar-refractivity contribution is 8.00. The number of nitrogens with zero attached hydrogens (tertiary/aromatic N) is 4. The van der Waals surface area contributed by atoms with Gasteiger partial charge in [0.25, 0.3) is 11.8 Å². The van der Waals surface area contributed by atoms with Crippen molar-refractivity contribution in [2.45, 2.75) is 24.3 Å². The van der Waals surface area contributed by atoms with E-state index in [0.29, 0.717) is 12.3 Å². The van der Waals surface area contributed by atoms with Crippen molar-refractivity contribution in [1.29, 1.82) is 0 Å². The Hall–Kier alpha value is -2.68. The Kier molecular flexibility index (Phi) is 6.61. The van der Waals surface area contributed by atoms with Gasteiger partial charge in [0, 0.05) is 29.5 Å². The second-order valence-electron chi connectivity index (χ2n) is 8.32. The van der Waals surface area contributed by atoms with Crippen LogP contribution in [-0.2, 0) is 19.2 Å². The van der Waals surface area contributed by atoms with Crippen LogP contribution in [0, 0.1) is 0 Å². The van der Waals surface area contributed by atoms with Gasteiger partial charge in [0.15, 0.2) is 5.71 Å². The quantitative estimate of drug-likeness (QED) is 0.172. The smallest absolute Gasteiger partial charge is 0.352 e. The number of hydrogen-bond acceptors (Lipinski definition) is 10. The lowest BCUT2D eigenvalue weighted by molar-refractivity contribution is -0.893. The third-order valence-corrected chi connectivity index (χ3v) is 8.08. The van der Waals surface area contributed by atoms with E-state index in [9.17, 15) is 19.5 Å². The summed E-state index contributed by atoms with van der Waals surface area (Å²) in [5.74, 6) is -1.82. The van der Waals surface area contributed by atoms with Crippen molar-refractivity contribution in [2.75, 3.05) is 45.0 Å². The summed E-state index contributed by atoms with van der Waals surface area (Å²) in [5.41, 5.74) is 2.67. The van der Waals surface area contributed by atoms with Crippen molar-refractivity contribution in [1.82, 2.24) is 15.2 Å². The van der Waals surface area contributed by atoms with Gasteiger partial charge >= 0.3 is 5.97 Å². The van der Waals surface area contributed by atoms with Crippen LogP contribution in [0.2, 0.25) is 0 Å². The Labute approximate surface area is 197 Å². The van der Waals surface area contributed by atoms with Crippen LogP contribution >= 0.6 is 23.1 Å². The third kappa shape index (κ3) is 4.43. The number of oxime groups is 1. The van der Waals surface area contributed by atoms with E-state index in [2.05, 4.69) is 22.5 Å². The lowest BCUT2D eigenvalue weighted by atomic mass is 10.0. The minimum atomic E-state index is -1.13. The fourth-order valence-corrected chi connectivity index (χ4v) is 6.39. The number of β-lactam (4-membered cyclic amide) rings is 1. The number of likely N-dealkylation sites (tertiary alicyclic amines) is 1. The molecule has 1 aromatic heterocycles. The van der Waals surface area contributed by atoms with Gasteiger partial charge in [0.2, 0.25) is 5.13 Å². The molecule has 0 saturated carbocycles. The Morgan fingerprint density at radius 3 is 2.73 bits per heavy atom. The van der Waals surface area contributed by atoms with Gasteiger partial charge in [-0.25, -0.2) is 15.3 Å². The molecule has 2 amide bonds. The number of amides is 2. The lowest BCUT2D eigenvalue weighted by Gasteiger charge is -2.49. The largest absolute Gasteiger partial charge is 0.477 e. The minimum Gasteiger partial charge on any atom is -0.477 e. The number of carboxylic acids is 1. The number of anilines is 1. The van der Waals surface area contributed by atoms with Crippen molar-refractivity contribution >= 4 is 51.7 Å². The molecule has 2 fully saturated rings. The van der Waals surface area contributed by atoms with Gasteiger partial charge in [-0.15, -0.1) is 23.1 Å². The first-order chi connectivity index (χ1) is 15.8. The first-order valence-electron chi connectivity index (χ1n) is 10.3. The minimum absolute atomic E-state index is 0.0319. The molecule has 0 aliphatic carbocycles. The van der Waals surface area contributed by atoms with E-state index in [4.69, 9.17) is 10.0 Å². The molecule has 178 valence electrons. The van der Waals surface area contributed by atoms with Crippen molar-refractivity contribution in [3.05, 3.63) is 22.3 Å². The molecule has 3 aliphatic rings. The van der Waals surface area contributed by atoms with Gasteiger partial charge in [0.05, 0.1) is 20.1 Å². The topological polar surface area (TPSA) is 153 Å². The summed E-state index contributed by atoms with van der Waals surface area (Å²) < 4.78 is 0.773. The summed E-state index contributed by atoms with van der Waals surface area (Å²) in [6, 6.07) is -0.897. The molecular formula is C19H25N6O6S2+. The Balaban J connectivity index is 1.51. The number of rotatable bonds is 8. The highest BCUT2D eigenvalue weighted by atomic mass is 32.2. The number of fused-ring (bicyclic) bond motifs is 1. The molecule has 14 heteroatoms. The van der Waals surface area contributed by atoms with Crippen molar-refractivity contribution in [3.63, 3.8) is 0 Å². The number of carbonyl (C=O) groups excluding carboxylic acids is 2. The Morgan fingerprint density at radius 1 is 1.39 bits per heavy atom. The number of carboxylic acid groups (broad SMARTS) is 1. The number of nitrogens with one attached hydrogen (secondary N) is 2. The predicted octanol–water partition coefficient (Wildman–Crippen LogP) is 0.274. The monoisotopic (exact) mass is 497 g/mol. The molecule has 2 saturated heterocycles. The number of thioether (sulfide) groups is 1. The van der Waals surface area contributed by atoms with Crippen LogP contribution in [0.4, 0.5) is 5.13 Å². The molecule has 12 nitrogen and oxygen atoms in total. The molecule has 0 unspecified atom stereocenters. The standard InChI is InChI=1S/C19H24N6O6S2/c1-25(5-3-4-6-25)7-10-8-32-17-13(16(27)24(17)14(10)18(28)29)21-15(26)12(23-31-2)11-9-33-19(20-11)22-30/h9,13,17H,3-8H2,1-2H3,(H3-,20,21,22,23,26,28,29,30)/p+1/t13-,17-/m1/s1. The molecule has 1 aromatic rings. The number of thiazole rings is 1.